The average Bonchev–Trinajstić information content (AvgIpc) is 3.19. The summed E-state index contributed by atoms with van der Waals surface area (Å²) in [4.78, 5) is 36.9. The van der Waals surface area contributed by atoms with E-state index < -0.39 is 18.1 Å². The highest BCUT2D eigenvalue weighted by atomic mass is 16.6. The zero-order valence-corrected chi connectivity index (χ0v) is 38.7. The first-order chi connectivity index (χ1) is 28.6. The Labute approximate surface area is 362 Å². The molecule has 0 aliphatic carbocycles. The second-order valence-corrected chi connectivity index (χ2v) is 17.0. The monoisotopic (exact) mass is 828 g/mol. The molecule has 0 aliphatic rings. The molecule has 0 amide bonds. The van der Waals surface area contributed by atoms with Gasteiger partial charge in [0, 0.05) is 19.3 Å². The van der Waals surface area contributed by atoms with Crippen molar-refractivity contribution >= 4 is 17.9 Å². The van der Waals surface area contributed by atoms with E-state index in [2.05, 4.69) is 74.6 Å². The fourth-order valence-corrected chi connectivity index (χ4v) is 6.74. The van der Waals surface area contributed by atoms with Gasteiger partial charge < -0.3 is 28.6 Å². The summed E-state index contributed by atoms with van der Waals surface area (Å²) in [5.74, 6) is -1.77. The lowest BCUT2D eigenvalue weighted by molar-refractivity contribution is -0.889. The lowest BCUT2D eigenvalue weighted by atomic mass is 10.0. The first kappa shape index (κ1) is 56.0. The van der Waals surface area contributed by atoms with Gasteiger partial charge in [-0.25, -0.2) is 0 Å². The average molecular weight is 828 g/mol. The highest BCUT2D eigenvalue weighted by Crippen LogP contribution is 2.15. The standard InChI is InChI=1S/C51H89NO7/c1-6-8-10-12-14-16-18-20-22-24-25-26-28-30-32-34-36-38-40-42-50(54)59-47(45-57-44-43-48(51(55)56)52(3,4)5)46-58-49(53)41-39-37-35-33-31-29-27-23-21-19-17-15-13-11-9-7-2/h8,10,14,16,20,22,25-26,30,32,47-48H,6-7,9,11-13,15,17-19,21,23-24,27-29,31,33-46H2,1-5H3/b10-8-,16-14-,22-20-,26-25-,32-30-. The van der Waals surface area contributed by atoms with Crippen LogP contribution < -0.4 is 5.11 Å². The minimum atomic E-state index is -1.13. The number of likely N-dealkylation sites (N-methyl/N-ethyl adjacent to an activating group) is 1. The Kier molecular flexibility index (Phi) is 39.6. The molecule has 2 atom stereocenters. The number of quaternary nitrogens is 1. The molecule has 0 radical (unpaired) electrons. The fraction of sp³-hybridized carbons (Fsp3) is 0.745. The number of allylic oxidation sites excluding steroid dienone is 10. The van der Waals surface area contributed by atoms with E-state index in [1.165, 1.54) is 83.5 Å². The van der Waals surface area contributed by atoms with Gasteiger partial charge in [-0.05, 0) is 57.8 Å². The van der Waals surface area contributed by atoms with Crippen molar-refractivity contribution in [3.8, 4) is 0 Å². The molecule has 8 heteroatoms. The largest absolute Gasteiger partial charge is 0.544 e. The summed E-state index contributed by atoms with van der Waals surface area (Å²) in [7, 11) is 5.40. The molecule has 0 aromatic heterocycles. The normalized spacial score (nSPS) is 13.4. The Hall–Kier alpha value is -2.97. The molecule has 0 N–H and O–H groups in total. The van der Waals surface area contributed by atoms with Crippen molar-refractivity contribution in [2.75, 3.05) is 41.0 Å². The van der Waals surface area contributed by atoms with Gasteiger partial charge in [0.25, 0.3) is 0 Å². The molecular weight excluding hydrogens is 739 g/mol. The fourth-order valence-electron chi connectivity index (χ4n) is 6.74. The first-order valence-corrected chi connectivity index (χ1v) is 23.8. The van der Waals surface area contributed by atoms with E-state index in [1.54, 1.807) is 21.1 Å². The smallest absolute Gasteiger partial charge is 0.306 e. The molecule has 0 saturated heterocycles. The van der Waals surface area contributed by atoms with Crippen molar-refractivity contribution in [3.05, 3.63) is 60.8 Å². The van der Waals surface area contributed by atoms with Gasteiger partial charge >= 0.3 is 11.9 Å². The third-order valence-corrected chi connectivity index (χ3v) is 10.4. The van der Waals surface area contributed by atoms with E-state index >= 15 is 0 Å². The minimum absolute atomic E-state index is 0.0268. The number of unbranched alkanes of at least 4 members (excludes halogenated alkanes) is 18. The SMILES string of the molecule is CC/C=C\C/C=C\C/C=C\C/C=C\C/C=C\CCCCCC(=O)OC(COCCC(C(=O)[O-])[N+](C)(C)C)COC(=O)CCCCCCCCCCCCCCCCCC. The number of carbonyl (C=O) groups is 3. The molecule has 0 heterocycles. The van der Waals surface area contributed by atoms with Crippen molar-refractivity contribution in [1.82, 2.24) is 0 Å². The number of aliphatic carboxylic acids is 1. The number of carbonyl (C=O) groups excluding carboxylic acids is 3. The topological polar surface area (TPSA) is 102 Å². The maximum Gasteiger partial charge on any atom is 0.306 e. The zero-order valence-electron chi connectivity index (χ0n) is 38.7. The zero-order chi connectivity index (χ0) is 43.5. The van der Waals surface area contributed by atoms with Crippen LogP contribution in [0.4, 0.5) is 0 Å². The molecule has 0 saturated carbocycles. The van der Waals surface area contributed by atoms with Gasteiger partial charge in [-0.2, -0.15) is 0 Å². The van der Waals surface area contributed by atoms with Crippen molar-refractivity contribution < 1.29 is 38.2 Å². The Bertz CT molecular complexity index is 1150. The lowest BCUT2D eigenvalue weighted by Crippen LogP contribution is -2.55. The number of esters is 2. The number of hydrogen-bond acceptors (Lipinski definition) is 7. The Morgan fingerprint density at radius 2 is 0.949 bits per heavy atom. The molecule has 0 aliphatic heterocycles. The molecule has 0 bridgehead atoms. The first-order valence-electron chi connectivity index (χ1n) is 23.8. The Morgan fingerprint density at radius 3 is 1.41 bits per heavy atom. The van der Waals surface area contributed by atoms with Gasteiger partial charge in [-0.3, -0.25) is 9.59 Å². The van der Waals surface area contributed by atoms with Crippen LogP contribution in [0.2, 0.25) is 0 Å². The molecule has 0 fully saturated rings. The molecule has 0 aromatic carbocycles. The van der Waals surface area contributed by atoms with Crippen molar-refractivity contribution in [3.63, 3.8) is 0 Å². The number of rotatable bonds is 42. The van der Waals surface area contributed by atoms with E-state index in [0.29, 0.717) is 12.8 Å². The summed E-state index contributed by atoms with van der Waals surface area (Å²) in [5.41, 5.74) is 0. The molecule has 340 valence electrons. The Balaban J connectivity index is 4.37. The van der Waals surface area contributed by atoms with Crippen LogP contribution in [0.1, 0.15) is 194 Å². The van der Waals surface area contributed by atoms with Crippen molar-refractivity contribution in [2.45, 2.75) is 206 Å². The highest BCUT2D eigenvalue weighted by Gasteiger charge is 2.25. The lowest BCUT2D eigenvalue weighted by Gasteiger charge is -2.34. The van der Waals surface area contributed by atoms with Crippen LogP contribution in [0.15, 0.2) is 60.8 Å². The molecular formula is C51H89NO7. The summed E-state index contributed by atoms with van der Waals surface area (Å²) >= 11 is 0. The second kappa shape index (κ2) is 41.8. The van der Waals surface area contributed by atoms with E-state index in [0.717, 1.165) is 70.6 Å². The van der Waals surface area contributed by atoms with Crippen molar-refractivity contribution in [2.24, 2.45) is 0 Å². The van der Waals surface area contributed by atoms with Crippen LogP contribution >= 0.6 is 0 Å². The predicted octanol–water partition coefficient (Wildman–Crippen LogP) is 12.0. The van der Waals surface area contributed by atoms with Gasteiger partial charge in [0.2, 0.25) is 0 Å². The van der Waals surface area contributed by atoms with E-state index in [4.69, 9.17) is 14.2 Å². The summed E-state index contributed by atoms with van der Waals surface area (Å²) in [5, 5.41) is 11.6. The number of carboxylic acids is 1. The number of carboxylic acid groups (broad SMARTS) is 1. The third kappa shape index (κ3) is 40.2. The predicted molar refractivity (Wildman–Crippen MR) is 245 cm³/mol. The summed E-state index contributed by atoms with van der Waals surface area (Å²) in [6.45, 7) is 4.52. The molecule has 0 rings (SSSR count). The van der Waals surface area contributed by atoms with E-state index in [1.807, 2.05) is 0 Å². The highest BCUT2D eigenvalue weighted by molar-refractivity contribution is 5.70. The maximum atomic E-state index is 12.7. The van der Waals surface area contributed by atoms with Gasteiger partial charge in [-0.1, -0.05) is 177 Å². The van der Waals surface area contributed by atoms with Gasteiger partial charge in [0.05, 0.1) is 40.3 Å². The second-order valence-electron chi connectivity index (χ2n) is 17.0. The summed E-state index contributed by atoms with van der Waals surface area (Å²) in [6.07, 6.45) is 51.0. The van der Waals surface area contributed by atoms with Gasteiger partial charge in [0.15, 0.2) is 6.10 Å². The van der Waals surface area contributed by atoms with Crippen molar-refractivity contribution in [1.29, 1.82) is 0 Å². The quantitative estimate of drug-likeness (QED) is 0.0261. The van der Waals surface area contributed by atoms with Gasteiger partial charge in [0.1, 0.15) is 12.6 Å². The number of ether oxygens (including phenoxy) is 3. The van der Waals surface area contributed by atoms with Crippen LogP contribution in [0, 0.1) is 0 Å². The maximum absolute atomic E-state index is 12.7. The number of hydrogen-bond donors (Lipinski definition) is 0. The molecule has 59 heavy (non-hydrogen) atoms. The number of nitrogens with zero attached hydrogens (tertiary/aromatic N) is 1. The van der Waals surface area contributed by atoms with E-state index in [-0.39, 0.29) is 49.1 Å². The molecule has 0 aromatic rings. The van der Waals surface area contributed by atoms with Crippen LogP contribution in [0.3, 0.4) is 0 Å². The van der Waals surface area contributed by atoms with Crippen LogP contribution in [-0.4, -0.2) is 75.5 Å². The van der Waals surface area contributed by atoms with Crippen LogP contribution in [0.5, 0.6) is 0 Å². The van der Waals surface area contributed by atoms with Crippen LogP contribution in [-0.2, 0) is 28.6 Å². The molecule has 8 nitrogen and oxygen atoms in total. The molecule has 2 unspecified atom stereocenters. The summed E-state index contributed by atoms with van der Waals surface area (Å²) in [6, 6.07) is -0.733. The Morgan fingerprint density at radius 1 is 0.525 bits per heavy atom. The molecule has 0 spiro atoms. The third-order valence-electron chi connectivity index (χ3n) is 10.4. The van der Waals surface area contributed by atoms with E-state index in [9.17, 15) is 19.5 Å². The van der Waals surface area contributed by atoms with Crippen LogP contribution in [0.25, 0.3) is 0 Å². The van der Waals surface area contributed by atoms with Gasteiger partial charge in [-0.15, -0.1) is 0 Å². The summed E-state index contributed by atoms with van der Waals surface area (Å²) < 4.78 is 17.2. The minimum Gasteiger partial charge on any atom is -0.544 e.